The molecule has 0 aliphatic rings. The van der Waals surface area contributed by atoms with E-state index >= 15 is 0 Å². The molecule has 0 saturated heterocycles. The number of primary sulfonamides is 1. The van der Waals surface area contributed by atoms with E-state index in [0.29, 0.717) is 11.3 Å². The van der Waals surface area contributed by atoms with Crippen LogP contribution in [0.1, 0.15) is 11.1 Å². The maximum atomic E-state index is 12.8. The summed E-state index contributed by atoms with van der Waals surface area (Å²) in [7, 11) is -7.79. The van der Waals surface area contributed by atoms with Gasteiger partial charge in [-0.3, -0.25) is 9.52 Å². The zero-order valence-electron chi connectivity index (χ0n) is 18.2. The molecule has 0 atom stereocenters. The highest BCUT2D eigenvalue weighted by Gasteiger charge is 2.18. The molecule has 9 nitrogen and oxygen atoms in total. The fraction of sp³-hybridized carbons (Fsp3) is 0.136. The Hall–Kier alpha value is -3.12. The van der Waals surface area contributed by atoms with Crippen LogP contribution in [0.4, 0.5) is 11.4 Å². The third kappa shape index (κ3) is 6.48. The summed E-state index contributed by atoms with van der Waals surface area (Å²) in [6.07, 6.45) is 0. The van der Waals surface area contributed by atoms with Crippen molar-refractivity contribution in [3.05, 3.63) is 76.8 Å². The number of hydrogen-bond acceptors (Lipinski definition) is 6. The molecule has 34 heavy (non-hydrogen) atoms. The molecular weight excluding hydrogens is 502 g/mol. The van der Waals surface area contributed by atoms with Crippen LogP contribution in [-0.4, -0.2) is 29.3 Å². The Morgan fingerprint density at radius 3 is 2.18 bits per heavy atom. The van der Waals surface area contributed by atoms with E-state index in [2.05, 4.69) is 10.0 Å². The first-order chi connectivity index (χ1) is 15.8. The number of sulfonamides is 2. The molecule has 0 saturated carbocycles. The van der Waals surface area contributed by atoms with Crippen molar-refractivity contribution < 1.29 is 26.4 Å². The van der Waals surface area contributed by atoms with Gasteiger partial charge in [-0.25, -0.2) is 22.0 Å². The predicted octanol–water partition coefficient (Wildman–Crippen LogP) is 3.42. The summed E-state index contributed by atoms with van der Waals surface area (Å²) in [4.78, 5) is 12.4. The van der Waals surface area contributed by atoms with E-state index < -0.39 is 32.6 Å². The number of amides is 1. The standard InChI is InChI=1S/C22H22ClN3O6S2/c1-14-3-6-17(7-4-14)34(30,31)26-20-12-16(23)5-10-21(20)32-13-22(27)25-19-9-8-18(11-15(19)2)33(24,28)29/h3-12,26H,13H2,1-2H3,(H,25,27)(H2,24,28,29). The normalized spacial score (nSPS) is 11.6. The number of halogens is 1. The quantitative estimate of drug-likeness (QED) is 0.412. The van der Waals surface area contributed by atoms with Crippen molar-refractivity contribution >= 4 is 48.9 Å². The fourth-order valence-electron chi connectivity index (χ4n) is 2.91. The summed E-state index contributed by atoms with van der Waals surface area (Å²) in [5.41, 5.74) is 1.83. The molecule has 12 heteroatoms. The number of hydrogen-bond donors (Lipinski definition) is 3. The van der Waals surface area contributed by atoms with Crippen molar-refractivity contribution in [2.24, 2.45) is 5.14 Å². The van der Waals surface area contributed by atoms with Crippen molar-refractivity contribution in [3.63, 3.8) is 0 Å². The van der Waals surface area contributed by atoms with Crippen LogP contribution in [-0.2, 0) is 24.8 Å². The van der Waals surface area contributed by atoms with Crippen molar-refractivity contribution in [3.8, 4) is 5.75 Å². The van der Waals surface area contributed by atoms with Crippen LogP contribution < -0.4 is 19.9 Å². The zero-order valence-corrected chi connectivity index (χ0v) is 20.6. The molecule has 3 aromatic rings. The molecule has 0 spiro atoms. The monoisotopic (exact) mass is 523 g/mol. The van der Waals surface area contributed by atoms with Crippen molar-refractivity contribution in [2.75, 3.05) is 16.6 Å². The molecule has 0 bridgehead atoms. The minimum atomic E-state index is -3.93. The summed E-state index contributed by atoms with van der Waals surface area (Å²) in [5, 5.41) is 7.98. The number of benzene rings is 3. The second-order valence-corrected chi connectivity index (χ2v) is 11.1. The lowest BCUT2D eigenvalue weighted by molar-refractivity contribution is -0.118. The van der Waals surface area contributed by atoms with E-state index in [1.54, 1.807) is 19.1 Å². The average molecular weight is 524 g/mol. The Bertz CT molecular complexity index is 1440. The summed E-state index contributed by atoms with van der Waals surface area (Å²) in [6.45, 7) is 3.01. The van der Waals surface area contributed by atoms with Crippen LogP contribution in [0.3, 0.4) is 0 Å². The van der Waals surface area contributed by atoms with Crippen LogP contribution in [0.15, 0.2) is 70.5 Å². The van der Waals surface area contributed by atoms with Gasteiger partial charge in [-0.15, -0.1) is 0 Å². The molecule has 0 aromatic heterocycles. The number of ether oxygens (including phenoxy) is 1. The molecule has 3 rings (SSSR count). The van der Waals surface area contributed by atoms with Gasteiger partial charge in [0.05, 0.1) is 15.5 Å². The van der Waals surface area contributed by atoms with Crippen LogP contribution >= 0.6 is 11.6 Å². The zero-order chi connectivity index (χ0) is 25.1. The first-order valence-electron chi connectivity index (χ1n) is 9.80. The second-order valence-electron chi connectivity index (χ2n) is 7.42. The van der Waals surface area contributed by atoms with E-state index in [9.17, 15) is 21.6 Å². The van der Waals surface area contributed by atoms with E-state index in [1.165, 1.54) is 48.5 Å². The van der Waals surface area contributed by atoms with Crippen LogP contribution in [0.25, 0.3) is 0 Å². The number of carbonyl (C=O) groups is 1. The Labute approximate surface area is 203 Å². The predicted molar refractivity (Wildman–Crippen MR) is 130 cm³/mol. The van der Waals surface area contributed by atoms with Crippen molar-refractivity contribution in [1.82, 2.24) is 0 Å². The smallest absolute Gasteiger partial charge is 0.262 e. The van der Waals surface area contributed by atoms with Gasteiger partial charge in [0, 0.05) is 10.7 Å². The van der Waals surface area contributed by atoms with Crippen LogP contribution in [0, 0.1) is 13.8 Å². The van der Waals surface area contributed by atoms with Crippen molar-refractivity contribution in [2.45, 2.75) is 23.6 Å². The number of carbonyl (C=O) groups excluding carboxylic acids is 1. The molecule has 0 heterocycles. The van der Waals surface area contributed by atoms with E-state index in [4.69, 9.17) is 21.5 Å². The number of anilines is 2. The Kier molecular flexibility index (Phi) is 7.51. The van der Waals surface area contributed by atoms with Gasteiger partial charge in [0.15, 0.2) is 6.61 Å². The summed E-state index contributed by atoms with van der Waals surface area (Å²) in [6, 6.07) is 14.6. The first kappa shape index (κ1) is 25.5. The maximum absolute atomic E-state index is 12.8. The van der Waals surface area contributed by atoms with E-state index in [0.717, 1.165) is 5.56 Å². The van der Waals surface area contributed by atoms with Gasteiger partial charge in [-0.2, -0.15) is 0 Å². The van der Waals surface area contributed by atoms with E-state index in [1.807, 2.05) is 6.92 Å². The number of aryl methyl sites for hydroxylation is 2. The lowest BCUT2D eigenvalue weighted by atomic mass is 10.2. The second kappa shape index (κ2) is 10.0. The molecule has 0 unspecified atom stereocenters. The molecule has 3 aromatic carbocycles. The Morgan fingerprint density at radius 1 is 0.912 bits per heavy atom. The Balaban J connectivity index is 1.73. The molecule has 4 N–H and O–H groups in total. The average Bonchev–Trinajstić information content (AvgIpc) is 2.74. The van der Waals surface area contributed by atoms with Gasteiger partial charge >= 0.3 is 0 Å². The minimum Gasteiger partial charge on any atom is -0.482 e. The highest BCUT2D eigenvalue weighted by molar-refractivity contribution is 7.92. The van der Waals surface area contributed by atoms with E-state index in [-0.39, 0.29) is 26.3 Å². The van der Waals surface area contributed by atoms with Gasteiger partial charge in [-0.05, 0) is 67.9 Å². The lowest BCUT2D eigenvalue weighted by Gasteiger charge is -2.15. The molecular formula is C22H22ClN3O6S2. The van der Waals surface area contributed by atoms with Gasteiger partial charge in [0.25, 0.3) is 15.9 Å². The third-order valence-electron chi connectivity index (χ3n) is 4.68. The molecule has 180 valence electrons. The molecule has 0 fully saturated rings. The maximum Gasteiger partial charge on any atom is 0.262 e. The Morgan fingerprint density at radius 2 is 1.56 bits per heavy atom. The first-order valence-corrected chi connectivity index (χ1v) is 13.2. The van der Waals surface area contributed by atoms with Crippen LogP contribution in [0.5, 0.6) is 5.75 Å². The summed E-state index contributed by atoms with van der Waals surface area (Å²) in [5.74, 6) is -0.453. The van der Waals surface area contributed by atoms with Crippen LogP contribution in [0.2, 0.25) is 5.02 Å². The summed E-state index contributed by atoms with van der Waals surface area (Å²) >= 11 is 6.02. The topological polar surface area (TPSA) is 145 Å². The molecule has 0 aliphatic carbocycles. The number of rotatable bonds is 8. The van der Waals surface area contributed by atoms with Gasteiger partial charge in [0.1, 0.15) is 5.75 Å². The molecule has 1 amide bonds. The molecule has 0 aliphatic heterocycles. The summed E-state index contributed by atoms with van der Waals surface area (Å²) < 4.78 is 56.4. The highest BCUT2D eigenvalue weighted by Crippen LogP contribution is 2.30. The van der Waals surface area contributed by atoms with Gasteiger partial charge in [-0.1, -0.05) is 29.3 Å². The van der Waals surface area contributed by atoms with Gasteiger partial charge < -0.3 is 10.1 Å². The number of nitrogens with two attached hydrogens (primary N) is 1. The third-order valence-corrected chi connectivity index (χ3v) is 7.20. The fourth-order valence-corrected chi connectivity index (χ4v) is 4.74. The van der Waals surface area contributed by atoms with Crippen molar-refractivity contribution in [1.29, 1.82) is 0 Å². The largest absolute Gasteiger partial charge is 0.482 e. The lowest BCUT2D eigenvalue weighted by Crippen LogP contribution is -2.22. The minimum absolute atomic E-state index is 0.0557. The van der Waals surface area contributed by atoms with Gasteiger partial charge in [0.2, 0.25) is 10.0 Å². The number of nitrogens with one attached hydrogen (secondary N) is 2. The SMILES string of the molecule is Cc1ccc(S(=O)(=O)Nc2cc(Cl)ccc2OCC(=O)Nc2ccc(S(N)(=O)=O)cc2C)cc1. The molecule has 0 radical (unpaired) electrons. The highest BCUT2D eigenvalue weighted by atomic mass is 35.5.